The molecule has 2 N–H and O–H groups in total. The number of amides is 1. The molecular weight excluding hydrogens is 264 g/mol. The number of carbonyl (C=O) groups is 1. The van der Waals surface area contributed by atoms with Crippen molar-refractivity contribution in [1.29, 1.82) is 0 Å². The molecule has 0 saturated carbocycles. The zero-order valence-corrected chi connectivity index (χ0v) is 11.6. The van der Waals surface area contributed by atoms with Gasteiger partial charge in [-0.15, -0.1) is 0 Å². The normalized spacial score (nSPS) is 12.6. The van der Waals surface area contributed by atoms with Crippen molar-refractivity contribution in [3.05, 3.63) is 34.4 Å². The van der Waals surface area contributed by atoms with Crippen LogP contribution in [0.15, 0.2) is 24.3 Å². The number of nitro groups is 1. The first-order valence-electron chi connectivity index (χ1n) is 6.08. The second-order valence-corrected chi connectivity index (χ2v) is 4.99. The number of nitrogens with zero attached hydrogens (tertiary/aromatic N) is 1. The fraction of sp³-hybridized carbons (Fsp3) is 0.462. The maximum Gasteiger partial charge on any atom is 0.269 e. The molecule has 1 atom stereocenters. The molecule has 0 fully saturated rings. The minimum atomic E-state index is -0.754. The molecule has 0 spiro atoms. The molecule has 0 aliphatic rings. The van der Waals surface area contributed by atoms with Crippen molar-refractivity contribution in [2.75, 3.05) is 6.61 Å². The van der Waals surface area contributed by atoms with Crippen LogP contribution >= 0.6 is 0 Å². The molecule has 1 rings (SSSR count). The van der Waals surface area contributed by atoms with Crippen LogP contribution in [-0.2, 0) is 4.79 Å². The van der Waals surface area contributed by atoms with Crippen LogP contribution in [0.25, 0.3) is 0 Å². The predicted molar refractivity (Wildman–Crippen MR) is 72.5 cm³/mol. The number of aliphatic hydroxyl groups is 1. The van der Waals surface area contributed by atoms with Crippen LogP contribution in [0, 0.1) is 10.1 Å². The third kappa shape index (κ3) is 4.51. The van der Waals surface area contributed by atoms with E-state index in [4.69, 9.17) is 4.74 Å². The number of hydrogen-bond acceptors (Lipinski definition) is 5. The molecule has 20 heavy (non-hydrogen) atoms. The summed E-state index contributed by atoms with van der Waals surface area (Å²) in [5.41, 5.74) is -0.798. The number of nitro benzene ring substituents is 1. The standard InChI is InChI=1S/C13H18N2O5/c1-9(16)13(2,3)14-12(17)8-20-11-6-4-10(5-7-11)15(18)19/h4-7,9,16H,8H2,1-3H3,(H,14,17). The van der Waals surface area contributed by atoms with E-state index in [1.165, 1.54) is 24.3 Å². The first kappa shape index (κ1) is 15.9. The summed E-state index contributed by atoms with van der Waals surface area (Å²) >= 11 is 0. The fourth-order valence-corrected chi connectivity index (χ4v) is 1.31. The quantitative estimate of drug-likeness (QED) is 0.604. The van der Waals surface area contributed by atoms with Crippen LogP contribution in [0.3, 0.4) is 0 Å². The molecule has 0 saturated heterocycles. The van der Waals surface area contributed by atoms with Gasteiger partial charge in [-0.25, -0.2) is 0 Å². The molecule has 0 aliphatic heterocycles. The summed E-state index contributed by atoms with van der Waals surface area (Å²) in [6, 6.07) is 5.44. The second-order valence-electron chi connectivity index (χ2n) is 4.99. The highest BCUT2D eigenvalue weighted by molar-refractivity contribution is 5.78. The molecule has 7 nitrogen and oxygen atoms in total. The zero-order valence-electron chi connectivity index (χ0n) is 11.6. The Bertz CT molecular complexity index is 482. The fourth-order valence-electron chi connectivity index (χ4n) is 1.31. The lowest BCUT2D eigenvalue weighted by atomic mass is 9.99. The van der Waals surface area contributed by atoms with Crippen LogP contribution in [0.4, 0.5) is 5.69 Å². The highest BCUT2D eigenvalue weighted by atomic mass is 16.6. The number of non-ortho nitro benzene ring substituents is 1. The van der Waals surface area contributed by atoms with E-state index in [2.05, 4.69) is 5.32 Å². The topological polar surface area (TPSA) is 102 Å². The van der Waals surface area contributed by atoms with Crippen LogP contribution in [0.1, 0.15) is 20.8 Å². The lowest BCUT2D eigenvalue weighted by Crippen LogP contribution is -2.52. The average molecular weight is 282 g/mol. The van der Waals surface area contributed by atoms with Gasteiger partial charge in [-0.3, -0.25) is 14.9 Å². The largest absolute Gasteiger partial charge is 0.484 e. The molecule has 0 bridgehead atoms. The van der Waals surface area contributed by atoms with E-state index in [0.717, 1.165) is 0 Å². The van der Waals surface area contributed by atoms with E-state index < -0.39 is 16.6 Å². The molecule has 0 radical (unpaired) electrons. The molecular formula is C13H18N2O5. The zero-order chi connectivity index (χ0) is 15.3. The van der Waals surface area contributed by atoms with Gasteiger partial charge in [0.25, 0.3) is 11.6 Å². The smallest absolute Gasteiger partial charge is 0.269 e. The van der Waals surface area contributed by atoms with Gasteiger partial charge >= 0.3 is 0 Å². The number of benzene rings is 1. The number of aliphatic hydroxyl groups excluding tert-OH is 1. The van der Waals surface area contributed by atoms with Gasteiger partial charge in [-0.2, -0.15) is 0 Å². The summed E-state index contributed by atoms with van der Waals surface area (Å²) in [4.78, 5) is 21.6. The molecule has 0 heterocycles. The van der Waals surface area contributed by atoms with Crippen molar-refractivity contribution in [3.63, 3.8) is 0 Å². The number of nitrogens with one attached hydrogen (secondary N) is 1. The molecule has 110 valence electrons. The molecule has 0 aliphatic carbocycles. The molecule has 1 aromatic carbocycles. The van der Waals surface area contributed by atoms with Crippen molar-refractivity contribution in [2.24, 2.45) is 0 Å². The van der Waals surface area contributed by atoms with Crippen molar-refractivity contribution >= 4 is 11.6 Å². The Morgan fingerprint density at radius 2 is 2.00 bits per heavy atom. The Balaban J connectivity index is 2.51. The Morgan fingerprint density at radius 1 is 1.45 bits per heavy atom. The molecule has 1 amide bonds. The Kier molecular flexibility index (Phi) is 5.04. The number of ether oxygens (including phenoxy) is 1. The maximum absolute atomic E-state index is 11.7. The minimum Gasteiger partial charge on any atom is -0.484 e. The van der Waals surface area contributed by atoms with E-state index in [0.29, 0.717) is 5.75 Å². The third-order valence-corrected chi connectivity index (χ3v) is 2.92. The van der Waals surface area contributed by atoms with Gasteiger partial charge in [0, 0.05) is 12.1 Å². The van der Waals surface area contributed by atoms with Crippen molar-refractivity contribution < 1.29 is 19.6 Å². The highest BCUT2D eigenvalue weighted by Crippen LogP contribution is 2.17. The van der Waals surface area contributed by atoms with E-state index in [-0.39, 0.29) is 18.2 Å². The van der Waals surface area contributed by atoms with Gasteiger partial charge in [-0.05, 0) is 32.9 Å². The van der Waals surface area contributed by atoms with Crippen LogP contribution in [0.2, 0.25) is 0 Å². The van der Waals surface area contributed by atoms with Gasteiger partial charge in [0.05, 0.1) is 16.6 Å². The van der Waals surface area contributed by atoms with Crippen LogP contribution in [-0.4, -0.2) is 34.2 Å². The maximum atomic E-state index is 11.7. The molecule has 7 heteroatoms. The second kappa shape index (κ2) is 6.33. The molecule has 0 aromatic heterocycles. The van der Waals surface area contributed by atoms with Crippen molar-refractivity contribution in [2.45, 2.75) is 32.4 Å². The van der Waals surface area contributed by atoms with Crippen molar-refractivity contribution in [1.82, 2.24) is 5.32 Å². The third-order valence-electron chi connectivity index (χ3n) is 2.92. The first-order valence-corrected chi connectivity index (χ1v) is 6.08. The monoisotopic (exact) mass is 282 g/mol. The SMILES string of the molecule is CC(O)C(C)(C)NC(=O)COc1ccc([N+](=O)[O-])cc1. The number of carbonyl (C=O) groups excluding carboxylic acids is 1. The molecule has 1 unspecified atom stereocenters. The Hall–Kier alpha value is -2.15. The van der Waals surface area contributed by atoms with Gasteiger partial charge in [0.2, 0.25) is 0 Å². The summed E-state index contributed by atoms with van der Waals surface area (Å²) in [5, 5.41) is 22.6. The highest BCUT2D eigenvalue weighted by Gasteiger charge is 2.26. The van der Waals surface area contributed by atoms with E-state index in [1.54, 1.807) is 20.8 Å². The van der Waals surface area contributed by atoms with Gasteiger partial charge in [0.15, 0.2) is 6.61 Å². The number of hydrogen-bond donors (Lipinski definition) is 2. The lowest BCUT2D eigenvalue weighted by molar-refractivity contribution is -0.384. The van der Waals surface area contributed by atoms with Gasteiger partial charge in [-0.1, -0.05) is 0 Å². The first-order chi connectivity index (χ1) is 9.22. The Labute approximate surface area is 116 Å². The Morgan fingerprint density at radius 3 is 2.45 bits per heavy atom. The average Bonchev–Trinajstić information content (AvgIpc) is 2.36. The summed E-state index contributed by atoms with van der Waals surface area (Å²) in [5.74, 6) is -0.0187. The van der Waals surface area contributed by atoms with Crippen LogP contribution in [0.5, 0.6) is 5.75 Å². The van der Waals surface area contributed by atoms with Crippen molar-refractivity contribution in [3.8, 4) is 5.75 Å². The number of rotatable bonds is 6. The van der Waals surface area contributed by atoms with E-state index in [1.807, 2.05) is 0 Å². The van der Waals surface area contributed by atoms with Gasteiger partial charge < -0.3 is 15.2 Å². The van der Waals surface area contributed by atoms with Crippen LogP contribution < -0.4 is 10.1 Å². The summed E-state index contributed by atoms with van der Waals surface area (Å²) in [6.45, 7) is 4.74. The molecule has 1 aromatic rings. The van der Waals surface area contributed by atoms with Gasteiger partial charge in [0.1, 0.15) is 5.75 Å². The summed E-state index contributed by atoms with van der Waals surface area (Å²) < 4.78 is 5.21. The lowest BCUT2D eigenvalue weighted by Gasteiger charge is -2.29. The summed E-state index contributed by atoms with van der Waals surface area (Å²) in [6.07, 6.45) is -0.703. The minimum absolute atomic E-state index is 0.0444. The summed E-state index contributed by atoms with van der Waals surface area (Å²) in [7, 11) is 0. The predicted octanol–water partition coefficient (Wildman–Crippen LogP) is 1.25. The van der Waals surface area contributed by atoms with E-state index >= 15 is 0 Å². The van der Waals surface area contributed by atoms with E-state index in [9.17, 15) is 20.0 Å².